The number of sulfone groups is 1. The standard InChI is InChI=1S/C18H18BrF2NO5S/c19-13-4-5-16(27-18(20)21)12(8-13)3-6-17(23)22-9-15(10-22)28(24,25)11-14-2-1-7-26-14/h1-2,4-5,7-8,15,18H,3,6,9-11H2. The van der Waals surface area contributed by atoms with Crippen molar-refractivity contribution in [2.75, 3.05) is 13.1 Å². The van der Waals surface area contributed by atoms with E-state index in [4.69, 9.17) is 4.42 Å². The van der Waals surface area contributed by atoms with E-state index in [0.29, 0.717) is 15.8 Å². The maximum Gasteiger partial charge on any atom is 0.387 e. The summed E-state index contributed by atoms with van der Waals surface area (Å²) in [5.41, 5.74) is 0.477. The van der Waals surface area contributed by atoms with Crippen molar-refractivity contribution in [2.45, 2.75) is 30.5 Å². The van der Waals surface area contributed by atoms with Crippen molar-refractivity contribution in [3.05, 3.63) is 52.4 Å². The molecule has 28 heavy (non-hydrogen) atoms. The molecule has 2 aromatic rings. The van der Waals surface area contributed by atoms with Crippen molar-refractivity contribution in [2.24, 2.45) is 0 Å². The fourth-order valence-electron chi connectivity index (χ4n) is 2.93. The lowest BCUT2D eigenvalue weighted by Crippen LogP contribution is -2.57. The number of nitrogens with zero attached hydrogens (tertiary/aromatic N) is 1. The van der Waals surface area contributed by atoms with E-state index >= 15 is 0 Å². The summed E-state index contributed by atoms with van der Waals surface area (Å²) < 4.78 is 59.9. The quantitative estimate of drug-likeness (QED) is 0.582. The van der Waals surface area contributed by atoms with Crippen LogP contribution in [0.5, 0.6) is 5.75 Å². The molecule has 3 rings (SSSR count). The van der Waals surface area contributed by atoms with E-state index in [1.165, 1.54) is 17.2 Å². The Hall–Kier alpha value is -1.94. The molecule has 1 saturated heterocycles. The van der Waals surface area contributed by atoms with E-state index < -0.39 is 21.7 Å². The van der Waals surface area contributed by atoms with Crippen LogP contribution in [0.25, 0.3) is 0 Å². The number of amides is 1. The largest absolute Gasteiger partial charge is 0.468 e. The van der Waals surface area contributed by atoms with E-state index in [1.807, 2.05) is 0 Å². The van der Waals surface area contributed by atoms with Crippen LogP contribution in [0.1, 0.15) is 17.7 Å². The Bertz CT molecular complexity index is 927. The molecule has 1 fully saturated rings. The third-order valence-corrected chi connectivity index (χ3v) is 6.97. The van der Waals surface area contributed by atoms with Gasteiger partial charge >= 0.3 is 6.61 Å². The summed E-state index contributed by atoms with van der Waals surface area (Å²) in [7, 11) is -3.40. The van der Waals surface area contributed by atoms with Gasteiger partial charge in [0.2, 0.25) is 5.91 Å². The Labute approximate surface area is 169 Å². The second-order valence-electron chi connectivity index (χ2n) is 6.44. The SMILES string of the molecule is O=C(CCc1cc(Br)ccc1OC(F)F)N1CC(S(=O)(=O)Cc2ccco2)C1. The monoisotopic (exact) mass is 477 g/mol. The number of hydrogen-bond donors (Lipinski definition) is 0. The van der Waals surface area contributed by atoms with Gasteiger partial charge in [-0.15, -0.1) is 0 Å². The zero-order valence-corrected chi connectivity index (χ0v) is 17.1. The lowest BCUT2D eigenvalue weighted by Gasteiger charge is -2.38. The molecule has 1 aromatic heterocycles. The second kappa shape index (κ2) is 8.60. The van der Waals surface area contributed by atoms with Gasteiger partial charge in [-0.1, -0.05) is 15.9 Å². The van der Waals surface area contributed by atoms with Crippen LogP contribution in [0.15, 0.2) is 45.5 Å². The minimum absolute atomic E-state index is 0.0218. The van der Waals surface area contributed by atoms with Gasteiger partial charge in [-0.3, -0.25) is 4.79 Å². The fourth-order valence-corrected chi connectivity index (χ4v) is 4.95. The predicted molar refractivity (Wildman–Crippen MR) is 101 cm³/mol. The van der Waals surface area contributed by atoms with Crippen molar-refractivity contribution in [1.29, 1.82) is 0 Å². The highest BCUT2D eigenvalue weighted by atomic mass is 79.9. The first-order valence-corrected chi connectivity index (χ1v) is 11.0. The normalized spacial score (nSPS) is 14.9. The number of likely N-dealkylation sites (tertiary alicyclic amines) is 1. The van der Waals surface area contributed by atoms with Gasteiger partial charge in [0.05, 0.1) is 11.5 Å². The maximum atomic E-state index is 12.5. The molecule has 1 amide bonds. The third-order valence-electron chi connectivity index (χ3n) is 4.48. The Morgan fingerprint density at radius 2 is 2.07 bits per heavy atom. The number of carbonyl (C=O) groups excluding carboxylic acids is 1. The molecule has 0 radical (unpaired) electrons. The van der Waals surface area contributed by atoms with Gasteiger partial charge in [0.15, 0.2) is 9.84 Å². The zero-order valence-electron chi connectivity index (χ0n) is 14.7. The summed E-state index contributed by atoms with van der Waals surface area (Å²) in [6, 6.07) is 7.83. The van der Waals surface area contributed by atoms with E-state index in [0.717, 1.165) is 0 Å². The molecule has 0 unspecified atom stereocenters. The van der Waals surface area contributed by atoms with E-state index in [9.17, 15) is 22.0 Å². The number of carbonyl (C=O) groups is 1. The molecule has 0 aliphatic carbocycles. The lowest BCUT2D eigenvalue weighted by atomic mass is 10.1. The van der Waals surface area contributed by atoms with Crippen molar-refractivity contribution >= 4 is 31.7 Å². The average molecular weight is 478 g/mol. The molecule has 10 heteroatoms. The smallest absolute Gasteiger partial charge is 0.387 e. The molecule has 0 bridgehead atoms. The van der Waals surface area contributed by atoms with Gasteiger partial charge in [-0.25, -0.2) is 8.42 Å². The van der Waals surface area contributed by atoms with Gasteiger partial charge in [0, 0.05) is 24.0 Å². The van der Waals surface area contributed by atoms with Crippen LogP contribution in [-0.2, 0) is 26.8 Å². The third kappa shape index (κ3) is 5.11. The number of rotatable bonds is 8. The number of alkyl halides is 2. The maximum absolute atomic E-state index is 12.5. The Morgan fingerprint density at radius 3 is 2.71 bits per heavy atom. The number of furan rings is 1. The molecule has 0 atom stereocenters. The van der Waals surface area contributed by atoms with Crippen molar-refractivity contribution in [1.82, 2.24) is 4.90 Å². The molecule has 0 N–H and O–H groups in total. The van der Waals surface area contributed by atoms with Crippen molar-refractivity contribution in [3.63, 3.8) is 0 Å². The molecule has 1 aliphatic rings. The number of hydrogen-bond acceptors (Lipinski definition) is 5. The highest BCUT2D eigenvalue weighted by molar-refractivity contribution is 9.10. The summed E-state index contributed by atoms with van der Waals surface area (Å²) >= 11 is 3.26. The number of benzene rings is 1. The summed E-state index contributed by atoms with van der Waals surface area (Å²) in [6.45, 7) is -2.70. The molecule has 1 aliphatic heterocycles. The van der Waals surface area contributed by atoms with Crippen LogP contribution in [0.4, 0.5) is 8.78 Å². The van der Waals surface area contributed by atoms with Crippen LogP contribution in [0.3, 0.4) is 0 Å². The summed E-state index contributed by atoms with van der Waals surface area (Å²) in [4.78, 5) is 13.8. The first-order chi connectivity index (χ1) is 13.2. The van der Waals surface area contributed by atoms with Crippen LogP contribution < -0.4 is 4.74 Å². The van der Waals surface area contributed by atoms with Crippen LogP contribution in [0, 0.1) is 0 Å². The molecule has 0 saturated carbocycles. The first-order valence-electron chi connectivity index (χ1n) is 8.49. The zero-order chi connectivity index (χ0) is 20.3. The first kappa shape index (κ1) is 20.8. The molecular weight excluding hydrogens is 460 g/mol. The minimum atomic E-state index is -3.40. The second-order valence-corrected chi connectivity index (χ2v) is 9.63. The topological polar surface area (TPSA) is 76.8 Å². The van der Waals surface area contributed by atoms with Gasteiger partial charge in [0.1, 0.15) is 17.3 Å². The minimum Gasteiger partial charge on any atom is -0.468 e. The van der Waals surface area contributed by atoms with E-state index in [1.54, 1.807) is 24.3 Å². The molecular formula is C18H18BrF2NO5S. The summed E-state index contributed by atoms with van der Waals surface area (Å²) in [5.74, 6) is -0.0362. The highest BCUT2D eigenvalue weighted by Crippen LogP contribution is 2.27. The average Bonchev–Trinajstić information content (AvgIpc) is 3.05. The Kier molecular flexibility index (Phi) is 6.39. The van der Waals surface area contributed by atoms with Crippen molar-refractivity contribution < 1.29 is 31.1 Å². The Morgan fingerprint density at radius 1 is 1.32 bits per heavy atom. The molecule has 0 spiro atoms. The molecule has 152 valence electrons. The van der Waals surface area contributed by atoms with Crippen LogP contribution >= 0.6 is 15.9 Å². The molecule has 1 aromatic carbocycles. The summed E-state index contributed by atoms with van der Waals surface area (Å²) in [6.07, 6.45) is 1.69. The van der Waals surface area contributed by atoms with Gasteiger partial charge in [-0.2, -0.15) is 8.78 Å². The Balaban J connectivity index is 1.53. The summed E-state index contributed by atoms with van der Waals surface area (Å²) in [5, 5.41) is -0.620. The molecule has 2 heterocycles. The van der Waals surface area contributed by atoms with Crippen LogP contribution in [0.2, 0.25) is 0 Å². The van der Waals surface area contributed by atoms with E-state index in [-0.39, 0.29) is 43.3 Å². The lowest BCUT2D eigenvalue weighted by molar-refractivity contribution is -0.134. The van der Waals surface area contributed by atoms with Gasteiger partial charge in [-0.05, 0) is 42.3 Å². The fraction of sp³-hybridized carbons (Fsp3) is 0.389. The number of halogens is 3. The molecule has 6 nitrogen and oxygen atoms in total. The number of ether oxygens (including phenoxy) is 1. The van der Waals surface area contributed by atoms with Gasteiger partial charge in [0.25, 0.3) is 0 Å². The highest BCUT2D eigenvalue weighted by Gasteiger charge is 2.39. The van der Waals surface area contributed by atoms with Crippen LogP contribution in [-0.4, -0.2) is 44.2 Å². The predicted octanol–water partition coefficient (Wildman–Crippen LogP) is 3.40. The van der Waals surface area contributed by atoms with Crippen molar-refractivity contribution in [3.8, 4) is 5.75 Å². The van der Waals surface area contributed by atoms with E-state index in [2.05, 4.69) is 20.7 Å². The number of aryl methyl sites for hydroxylation is 1. The van der Waals surface area contributed by atoms with Gasteiger partial charge < -0.3 is 14.1 Å².